The van der Waals surface area contributed by atoms with Crippen molar-refractivity contribution in [2.24, 2.45) is 5.92 Å². The van der Waals surface area contributed by atoms with E-state index in [0.29, 0.717) is 5.92 Å². The van der Waals surface area contributed by atoms with Crippen molar-refractivity contribution in [1.82, 2.24) is 10.3 Å². The number of benzene rings is 1. The lowest BCUT2D eigenvalue weighted by molar-refractivity contribution is 0.0945. The second-order valence-corrected chi connectivity index (χ2v) is 8.17. The summed E-state index contributed by atoms with van der Waals surface area (Å²) in [6.45, 7) is 9.36. The fourth-order valence-electron chi connectivity index (χ4n) is 3.41. The Morgan fingerprint density at radius 2 is 1.69 bits per heavy atom. The van der Waals surface area contributed by atoms with Gasteiger partial charge in [-0.25, -0.2) is 0 Å². The minimum absolute atomic E-state index is 0.0297. The molecule has 2 aromatic rings. The Morgan fingerprint density at radius 3 is 2.27 bits per heavy atom. The van der Waals surface area contributed by atoms with Crippen LogP contribution >= 0.6 is 0 Å². The molecule has 1 aromatic carbocycles. The van der Waals surface area contributed by atoms with E-state index in [1.54, 1.807) is 0 Å². The van der Waals surface area contributed by atoms with E-state index in [1.807, 2.05) is 24.5 Å². The maximum Gasteiger partial charge on any atom is 0.251 e. The summed E-state index contributed by atoms with van der Waals surface area (Å²) in [4.78, 5) is 18.9. The monoisotopic (exact) mass is 351 g/mol. The quantitative estimate of drug-likeness (QED) is 0.905. The predicted molar refractivity (Wildman–Crippen MR) is 107 cm³/mol. The van der Waals surface area contributed by atoms with Gasteiger partial charge in [0.1, 0.15) is 0 Å². The van der Waals surface area contributed by atoms with E-state index >= 15 is 0 Å². The number of nitrogens with zero attached hydrogens (tertiary/aromatic N) is 2. The molecule has 0 radical (unpaired) electrons. The number of aromatic nitrogens is 1. The minimum Gasteiger partial charge on any atom is -0.371 e. The predicted octanol–water partition coefficient (Wildman–Crippen LogP) is 4.03. The molecule has 1 aliphatic rings. The molecule has 4 heteroatoms. The van der Waals surface area contributed by atoms with Crippen LogP contribution in [0.2, 0.25) is 0 Å². The number of rotatable bonds is 4. The Bertz CT molecular complexity index is 711. The maximum atomic E-state index is 12.4. The summed E-state index contributed by atoms with van der Waals surface area (Å²) in [5, 5.41) is 3.11. The summed E-state index contributed by atoms with van der Waals surface area (Å²) < 4.78 is 0. The second kappa shape index (κ2) is 7.90. The van der Waals surface area contributed by atoms with Crippen LogP contribution in [0.15, 0.2) is 48.8 Å². The van der Waals surface area contributed by atoms with E-state index in [2.05, 4.69) is 60.2 Å². The lowest BCUT2D eigenvalue weighted by Crippen LogP contribution is -2.38. The molecular weight excluding hydrogens is 322 g/mol. The summed E-state index contributed by atoms with van der Waals surface area (Å²) in [5.74, 6) is 0.577. The molecule has 3 rings (SSSR count). The number of anilines is 1. The van der Waals surface area contributed by atoms with E-state index in [9.17, 15) is 4.79 Å². The molecule has 1 saturated heterocycles. The summed E-state index contributed by atoms with van der Waals surface area (Å²) >= 11 is 0. The summed E-state index contributed by atoms with van der Waals surface area (Å²) in [5.41, 5.74) is 3.34. The third-order valence-electron chi connectivity index (χ3n) is 5.21. The fraction of sp³-hybridized carbons (Fsp3) is 0.455. The Morgan fingerprint density at radius 1 is 1.08 bits per heavy atom. The van der Waals surface area contributed by atoms with Gasteiger partial charge < -0.3 is 10.2 Å². The highest BCUT2D eigenvalue weighted by Gasteiger charge is 2.20. The number of hydrogen-bond acceptors (Lipinski definition) is 3. The zero-order valence-electron chi connectivity index (χ0n) is 16.0. The number of piperidine rings is 1. The number of nitrogens with one attached hydrogen (secondary N) is 1. The normalized spacial score (nSPS) is 15.7. The molecule has 1 N–H and O–H groups in total. The number of carbonyl (C=O) groups is 1. The highest BCUT2D eigenvalue weighted by molar-refractivity contribution is 5.94. The molecule has 138 valence electrons. The van der Waals surface area contributed by atoms with Crippen molar-refractivity contribution in [3.05, 3.63) is 59.9 Å². The zero-order valence-corrected chi connectivity index (χ0v) is 16.0. The molecule has 1 fully saturated rings. The van der Waals surface area contributed by atoms with Crippen molar-refractivity contribution in [3.63, 3.8) is 0 Å². The third-order valence-corrected chi connectivity index (χ3v) is 5.21. The molecule has 0 spiro atoms. The number of hydrogen-bond donors (Lipinski definition) is 1. The molecule has 1 aliphatic heterocycles. The first-order chi connectivity index (χ1) is 12.4. The van der Waals surface area contributed by atoms with Crippen LogP contribution in [0.1, 0.15) is 49.5 Å². The fourth-order valence-corrected chi connectivity index (χ4v) is 3.41. The van der Waals surface area contributed by atoms with E-state index in [1.165, 1.54) is 11.3 Å². The molecular formula is C22H29N3O. The van der Waals surface area contributed by atoms with Gasteiger partial charge >= 0.3 is 0 Å². The van der Waals surface area contributed by atoms with Crippen LogP contribution in [0.25, 0.3) is 0 Å². The first-order valence-electron chi connectivity index (χ1n) is 9.47. The minimum atomic E-state index is 0.0297. The van der Waals surface area contributed by atoms with Crippen LogP contribution < -0.4 is 10.2 Å². The van der Waals surface area contributed by atoms with Crippen molar-refractivity contribution < 1.29 is 4.79 Å². The van der Waals surface area contributed by atoms with Crippen molar-refractivity contribution in [2.75, 3.05) is 24.5 Å². The second-order valence-electron chi connectivity index (χ2n) is 8.17. The van der Waals surface area contributed by atoms with E-state index in [4.69, 9.17) is 0 Å². The zero-order chi connectivity index (χ0) is 18.6. The maximum absolute atomic E-state index is 12.4. The molecule has 0 atom stereocenters. The van der Waals surface area contributed by atoms with Crippen LogP contribution in [0.4, 0.5) is 5.69 Å². The SMILES string of the molecule is CC(C)(C)c1ccc(C(=O)NCC2CCN(c3ccncc3)CC2)cc1. The Hall–Kier alpha value is -2.36. The molecule has 4 nitrogen and oxygen atoms in total. The lowest BCUT2D eigenvalue weighted by atomic mass is 9.86. The average molecular weight is 351 g/mol. The first-order valence-corrected chi connectivity index (χ1v) is 9.47. The highest BCUT2D eigenvalue weighted by atomic mass is 16.1. The van der Waals surface area contributed by atoms with E-state index < -0.39 is 0 Å². The van der Waals surface area contributed by atoms with E-state index in [-0.39, 0.29) is 11.3 Å². The molecule has 1 aromatic heterocycles. The number of amides is 1. The van der Waals surface area contributed by atoms with Crippen LogP contribution in [-0.4, -0.2) is 30.5 Å². The molecule has 0 aliphatic carbocycles. The molecule has 0 saturated carbocycles. The van der Waals surface area contributed by atoms with Crippen molar-refractivity contribution in [3.8, 4) is 0 Å². The van der Waals surface area contributed by atoms with Crippen molar-refractivity contribution in [1.29, 1.82) is 0 Å². The Kier molecular flexibility index (Phi) is 5.60. The summed E-state index contributed by atoms with van der Waals surface area (Å²) in [6.07, 6.45) is 5.89. The first kappa shape index (κ1) is 18.4. The largest absolute Gasteiger partial charge is 0.371 e. The number of carbonyl (C=O) groups excluding carboxylic acids is 1. The van der Waals surface area contributed by atoms with Crippen LogP contribution in [-0.2, 0) is 5.41 Å². The van der Waals surface area contributed by atoms with Gasteiger partial charge in [-0.15, -0.1) is 0 Å². The van der Waals surface area contributed by atoms with Gasteiger partial charge in [0.15, 0.2) is 0 Å². The highest BCUT2D eigenvalue weighted by Crippen LogP contribution is 2.23. The van der Waals surface area contributed by atoms with Gasteiger partial charge in [-0.05, 0) is 54.0 Å². The average Bonchev–Trinajstić information content (AvgIpc) is 2.66. The van der Waals surface area contributed by atoms with Gasteiger partial charge in [0.25, 0.3) is 5.91 Å². The number of pyridine rings is 1. The van der Waals surface area contributed by atoms with E-state index in [0.717, 1.165) is 38.0 Å². The molecule has 1 amide bonds. The topological polar surface area (TPSA) is 45.2 Å². The lowest BCUT2D eigenvalue weighted by Gasteiger charge is -2.33. The van der Waals surface area contributed by atoms with Crippen LogP contribution in [0, 0.1) is 5.92 Å². The van der Waals surface area contributed by atoms with Crippen LogP contribution in [0.5, 0.6) is 0 Å². The van der Waals surface area contributed by atoms with Gasteiger partial charge in [-0.1, -0.05) is 32.9 Å². The van der Waals surface area contributed by atoms with Crippen molar-refractivity contribution >= 4 is 11.6 Å². The molecule has 26 heavy (non-hydrogen) atoms. The summed E-state index contributed by atoms with van der Waals surface area (Å²) in [6, 6.07) is 12.1. The Labute approximate surface area is 156 Å². The smallest absolute Gasteiger partial charge is 0.251 e. The van der Waals surface area contributed by atoms with Crippen LogP contribution in [0.3, 0.4) is 0 Å². The molecule has 0 bridgehead atoms. The summed E-state index contributed by atoms with van der Waals surface area (Å²) in [7, 11) is 0. The van der Waals surface area contributed by atoms with Gasteiger partial charge in [-0.3, -0.25) is 9.78 Å². The molecule has 0 unspecified atom stereocenters. The van der Waals surface area contributed by atoms with Crippen molar-refractivity contribution in [2.45, 2.75) is 39.0 Å². The van der Waals surface area contributed by atoms with Gasteiger partial charge in [-0.2, -0.15) is 0 Å². The Balaban J connectivity index is 1.47. The standard InChI is InChI=1S/C22H29N3O/c1-22(2,3)19-6-4-18(5-7-19)21(26)24-16-17-10-14-25(15-11-17)20-8-12-23-13-9-20/h4-9,12-13,17H,10-11,14-16H2,1-3H3,(H,24,26). The third kappa shape index (κ3) is 4.63. The molecule has 2 heterocycles. The van der Waals surface area contributed by atoms with Gasteiger partial charge in [0, 0.05) is 43.3 Å². The van der Waals surface area contributed by atoms with Gasteiger partial charge in [0.05, 0.1) is 0 Å². The van der Waals surface area contributed by atoms with Gasteiger partial charge in [0.2, 0.25) is 0 Å².